The first-order valence-corrected chi connectivity index (χ1v) is 11.9. The van der Waals surface area contributed by atoms with Gasteiger partial charge in [-0.1, -0.05) is 13.8 Å². The van der Waals surface area contributed by atoms with Crippen LogP contribution in [0.25, 0.3) is 0 Å². The van der Waals surface area contributed by atoms with E-state index in [0.717, 1.165) is 38.5 Å². The zero-order chi connectivity index (χ0) is 21.9. The van der Waals surface area contributed by atoms with Crippen LogP contribution in [0.2, 0.25) is 0 Å². The Hall–Kier alpha value is -1.39. The highest BCUT2D eigenvalue weighted by Crippen LogP contribution is 2.67. The molecule has 5 heteroatoms. The molecule has 0 aliphatic heterocycles. The lowest BCUT2D eigenvalue weighted by Crippen LogP contribution is -2.65. The van der Waals surface area contributed by atoms with Gasteiger partial charge >= 0.3 is 11.9 Å². The van der Waals surface area contributed by atoms with Crippen LogP contribution >= 0.6 is 0 Å². The molecule has 5 nitrogen and oxygen atoms in total. The van der Waals surface area contributed by atoms with Crippen molar-refractivity contribution >= 4 is 17.7 Å². The third-order valence-electron chi connectivity index (χ3n) is 9.99. The molecular weight excluding hydrogens is 380 g/mol. The van der Waals surface area contributed by atoms with E-state index in [1.54, 1.807) is 0 Å². The fourth-order valence-electron chi connectivity index (χ4n) is 8.31. The maximum atomic E-state index is 13.0. The first-order chi connectivity index (χ1) is 14.0. The van der Waals surface area contributed by atoms with Crippen molar-refractivity contribution in [3.63, 3.8) is 0 Å². The van der Waals surface area contributed by atoms with Gasteiger partial charge in [-0.3, -0.25) is 14.4 Å². The van der Waals surface area contributed by atoms with Gasteiger partial charge in [0.2, 0.25) is 0 Å². The van der Waals surface area contributed by atoms with E-state index in [1.807, 2.05) is 6.92 Å². The summed E-state index contributed by atoms with van der Waals surface area (Å²) in [5, 5.41) is 0. The van der Waals surface area contributed by atoms with Crippen molar-refractivity contribution < 1.29 is 23.9 Å². The molecule has 0 N–H and O–H groups in total. The van der Waals surface area contributed by atoms with Crippen molar-refractivity contribution in [2.45, 2.75) is 104 Å². The predicted molar refractivity (Wildman–Crippen MR) is 112 cm³/mol. The van der Waals surface area contributed by atoms with E-state index in [4.69, 9.17) is 9.47 Å². The SMILES string of the molecule is CC(=O)O[C@H]1CC[C@@]2(C)[C@@H](CC[C@H]3[C@H]2CC[C@@]2(C)[C@@H]3CCC(=O)[C@@]2(C)OC(C)=O)C1. The topological polar surface area (TPSA) is 69.7 Å². The first kappa shape index (κ1) is 21.8. The van der Waals surface area contributed by atoms with Gasteiger partial charge in [0, 0.05) is 25.7 Å². The molecule has 0 saturated heterocycles. The van der Waals surface area contributed by atoms with E-state index >= 15 is 0 Å². The van der Waals surface area contributed by atoms with E-state index in [2.05, 4.69) is 13.8 Å². The molecule has 4 aliphatic rings. The molecule has 0 spiro atoms. The van der Waals surface area contributed by atoms with Crippen molar-refractivity contribution in [2.75, 3.05) is 0 Å². The van der Waals surface area contributed by atoms with Crippen molar-refractivity contribution in [3.05, 3.63) is 0 Å². The number of ketones is 1. The largest absolute Gasteiger partial charge is 0.463 e. The average Bonchev–Trinajstić information content (AvgIpc) is 2.65. The molecular formula is C25H38O5. The summed E-state index contributed by atoms with van der Waals surface area (Å²) in [5.41, 5.74) is -1.01. The smallest absolute Gasteiger partial charge is 0.303 e. The Labute approximate surface area is 180 Å². The van der Waals surface area contributed by atoms with Gasteiger partial charge in [-0.25, -0.2) is 0 Å². The molecule has 8 atom stereocenters. The van der Waals surface area contributed by atoms with Crippen molar-refractivity contribution in [3.8, 4) is 0 Å². The van der Waals surface area contributed by atoms with Crippen LogP contribution in [-0.4, -0.2) is 29.4 Å². The summed E-state index contributed by atoms with van der Waals surface area (Å²) < 4.78 is 11.4. The Morgan fingerprint density at radius 1 is 0.900 bits per heavy atom. The lowest BCUT2D eigenvalue weighted by molar-refractivity contribution is -0.215. The highest BCUT2D eigenvalue weighted by Gasteiger charge is 2.65. The molecule has 0 aromatic rings. The lowest BCUT2D eigenvalue weighted by atomic mass is 9.41. The number of carbonyl (C=O) groups excluding carboxylic acids is 3. The number of carbonyl (C=O) groups is 3. The average molecular weight is 419 g/mol. The Kier molecular flexibility index (Phi) is 5.34. The van der Waals surface area contributed by atoms with Gasteiger partial charge in [0.25, 0.3) is 0 Å². The zero-order valence-electron chi connectivity index (χ0n) is 19.3. The van der Waals surface area contributed by atoms with Gasteiger partial charge in [-0.05, 0) is 87.4 Å². The van der Waals surface area contributed by atoms with Crippen LogP contribution in [0.4, 0.5) is 0 Å². The van der Waals surface area contributed by atoms with Crippen LogP contribution < -0.4 is 0 Å². The quantitative estimate of drug-likeness (QED) is 0.600. The second kappa shape index (κ2) is 7.34. The Morgan fingerprint density at radius 3 is 2.30 bits per heavy atom. The number of ether oxygens (including phenoxy) is 2. The Bertz CT molecular complexity index is 746. The standard InChI is InChI=1S/C25H38O5/c1-15(26)29-18-10-12-23(3)17(14-18)6-7-19-20(23)11-13-24(4)21(19)8-9-22(28)25(24,5)30-16(2)27/h17-21H,6-14H2,1-5H3/t17-,18-,19-,20+,21+,23-,24-,25+/m0/s1. The van der Waals surface area contributed by atoms with Crippen LogP contribution in [0, 0.1) is 34.5 Å². The van der Waals surface area contributed by atoms with Crippen LogP contribution in [0.3, 0.4) is 0 Å². The fraction of sp³-hybridized carbons (Fsp3) is 0.880. The Morgan fingerprint density at radius 2 is 1.63 bits per heavy atom. The summed E-state index contributed by atoms with van der Waals surface area (Å²) in [6.45, 7) is 9.49. The van der Waals surface area contributed by atoms with Crippen LogP contribution in [0.5, 0.6) is 0 Å². The minimum Gasteiger partial charge on any atom is -0.463 e. The van der Waals surface area contributed by atoms with Crippen molar-refractivity contribution in [1.29, 1.82) is 0 Å². The molecule has 0 unspecified atom stereocenters. The lowest BCUT2D eigenvalue weighted by Gasteiger charge is -2.65. The number of hydrogen-bond acceptors (Lipinski definition) is 5. The second-order valence-corrected chi connectivity index (χ2v) is 11.2. The molecule has 168 valence electrons. The van der Waals surface area contributed by atoms with Gasteiger partial charge in [-0.2, -0.15) is 0 Å². The molecule has 4 fully saturated rings. The normalized spacial score (nSPS) is 48.0. The molecule has 0 aromatic carbocycles. The van der Waals surface area contributed by atoms with Gasteiger partial charge in [0.15, 0.2) is 11.4 Å². The number of hydrogen-bond donors (Lipinski definition) is 0. The molecule has 0 heterocycles. The van der Waals surface area contributed by atoms with Crippen molar-refractivity contribution in [1.82, 2.24) is 0 Å². The van der Waals surface area contributed by atoms with Crippen LogP contribution in [0.15, 0.2) is 0 Å². The number of esters is 2. The molecule has 0 bridgehead atoms. The monoisotopic (exact) mass is 418 g/mol. The van der Waals surface area contributed by atoms with E-state index in [9.17, 15) is 14.4 Å². The fourth-order valence-corrected chi connectivity index (χ4v) is 8.31. The molecule has 0 aromatic heterocycles. The summed E-state index contributed by atoms with van der Waals surface area (Å²) in [6.07, 6.45) is 8.93. The zero-order valence-corrected chi connectivity index (χ0v) is 19.3. The summed E-state index contributed by atoms with van der Waals surface area (Å²) >= 11 is 0. The second-order valence-electron chi connectivity index (χ2n) is 11.2. The summed E-state index contributed by atoms with van der Waals surface area (Å²) in [6, 6.07) is 0. The van der Waals surface area contributed by atoms with Crippen molar-refractivity contribution in [2.24, 2.45) is 34.5 Å². The number of rotatable bonds is 2. The maximum Gasteiger partial charge on any atom is 0.303 e. The van der Waals surface area contributed by atoms with Crippen LogP contribution in [0.1, 0.15) is 92.4 Å². The van der Waals surface area contributed by atoms with Crippen LogP contribution in [-0.2, 0) is 23.9 Å². The third kappa shape index (κ3) is 3.14. The van der Waals surface area contributed by atoms with E-state index < -0.39 is 5.60 Å². The highest BCUT2D eigenvalue weighted by atomic mass is 16.6. The summed E-state index contributed by atoms with van der Waals surface area (Å²) in [5.74, 6) is 1.82. The summed E-state index contributed by atoms with van der Waals surface area (Å²) in [4.78, 5) is 36.3. The minimum atomic E-state index is -1.00. The van der Waals surface area contributed by atoms with Gasteiger partial charge in [0.05, 0.1) is 0 Å². The maximum absolute atomic E-state index is 13.0. The minimum absolute atomic E-state index is 0.0746. The molecule has 4 aliphatic carbocycles. The summed E-state index contributed by atoms with van der Waals surface area (Å²) in [7, 11) is 0. The van der Waals surface area contributed by atoms with Gasteiger partial charge in [0.1, 0.15) is 6.10 Å². The van der Waals surface area contributed by atoms with E-state index in [-0.39, 0.29) is 34.7 Å². The third-order valence-corrected chi connectivity index (χ3v) is 9.99. The van der Waals surface area contributed by atoms with Gasteiger partial charge in [-0.15, -0.1) is 0 Å². The number of Topliss-reactive ketones (excluding diaryl/α,β-unsaturated/α-hetero) is 1. The molecule has 4 saturated carbocycles. The predicted octanol–water partition coefficient (Wildman–Crippen LogP) is 4.85. The van der Waals surface area contributed by atoms with E-state index in [1.165, 1.54) is 26.7 Å². The molecule has 0 radical (unpaired) electrons. The van der Waals surface area contributed by atoms with Gasteiger partial charge < -0.3 is 9.47 Å². The highest BCUT2D eigenvalue weighted by molar-refractivity contribution is 5.91. The van der Waals surface area contributed by atoms with E-state index in [0.29, 0.717) is 30.1 Å². The molecule has 0 amide bonds. The molecule has 4 rings (SSSR count). The first-order valence-electron chi connectivity index (χ1n) is 11.9. The molecule has 30 heavy (non-hydrogen) atoms. The Balaban J connectivity index is 1.59. The number of fused-ring (bicyclic) bond motifs is 5.